The maximum absolute atomic E-state index is 12.6. The second-order valence-corrected chi connectivity index (χ2v) is 5.17. The van der Waals surface area contributed by atoms with Crippen LogP contribution in [0.1, 0.15) is 29.0 Å². The summed E-state index contributed by atoms with van der Waals surface area (Å²) in [5, 5.41) is 0. The summed E-state index contributed by atoms with van der Waals surface area (Å²) < 4.78 is 16.5. The number of hydrogen-bond acceptors (Lipinski definition) is 4. The second kappa shape index (κ2) is 4.98. The van der Waals surface area contributed by atoms with Crippen molar-refractivity contribution >= 4 is 5.91 Å². The molecule has 2 aliphatic rings. The number of methoxy groups -OCH3 is 1. The number of furan rings is 1. The zero-order valence-corrected chi connectivity index (χ0v) is 11.3. The standard InChI is InChI=1S/C14H19NO4/c1-9-10(5-7-18-9)14(16)15-8-12(17-2)13-11(15)4-3-6-19-13/h5,7,11-13H,3-4,6,8H2,1-2H3/t11-,12+,13+/m0/s1. The van der Waals surface area contributed by atoms with Crippen molar-refractivity contribution in [2.75, 3.05) is 20.3 Å². The second-order valence-electron chi connectivity index (χ2n) is 5.17. The summed E-state index contributed by atoms with van der Waals surface area (Å²) in [6, 6.07) is 1.86. The van der Waals surface area contributed by atoms with Crippen LogP contribution in [0.4, 0.5) is 0 Å². The van der Waals surface area contributed by atoms with E-state index in [2.05, 4.69) is 0 Å². The number of ether oxygens (including phenoxy) is 2. The molecular weight excluding hydrogens is 246 g/mol. The molecule has 0 aliphatic carbocycles. The number of carbonyl (C=O) groups excluding carboxylic acids is 1. The Morgan fingerprint density at radius 2 is 2.37 bits per heavy atom. The number of nitrogens with zero attached hydrogens (tertiary/aromatic N) is 1. The van der Waals surface area contributed by atoms with Gasteiger partial charge in [0, 0.05) is 13.7 Å². The number of likely N-dealkylation sites (tertiary alicyclic amines) is 1. The molecular formula is C14H19NO4. The van der Waals surface area contributed by atoms with Crippen LogP contribution >= 0.6 is 0 Å². The third-order valence-corrected chi connectivity index (χ3v) is 4.13. The maximum Gasteiger partial charge on any atom is 0.257 e. The zero-order valence-electron chi connectivity index (χ0n) is 11.3. The van der Waals surface area contributed by atoms with Crippen molar-refractivity contribution in [3.63, 3.8) is 0 Å². The Balaban J connectivity index is 1.84. The normalized spacial score (nSPS) is 30.4. The van der Waals surface area contributed by atoms with Gasteiger partial charge in [0.15, 0.2) is 0 Å². The van der Waals surface area contributed by atoms with Crippen LogP contribution in [0.25, 0.3) is 0 Å². The summed E-state index contributed by atoms with van der Waals surface area (Å²) >= 11 is 0. The highest BCUT2D eigenvalue weighted by Crippen LogP contribution is 2.31. The highest BCUT2D eigenvalue weighted by atomic mass is 16.5. The minimum Gasteiger partial charge on any atom is -0.469 e. The summed E-state index contributed by atoms with van der Waals surface area (Å²) in [6.07, 6.45) is 3.51. The first-order valence-corrected chi connectivity index (χ1v) is 6.72. The number of rotatable bonds is 2. The smallest absolute Gasteiger partial charge is 0.257 e. The Kier molecular flexibility index (Phi) is 3.33. The summed E-state index contributed by atoms with van der Waals surface area (Å²) in [4.78, 5) is 14.5. The van der Waals surface area contributed by atoms with Crippen molar-refractivity contribution in [1.29, 1.82) is 0 Å². The summed E-state index contributed by atoms with van der Waals surface area (Å²) in [6.45, 7) is 3.16. The van der Waals surface area contributed by atoms with E-state index in [1.807, 2.05) is 11.8 Å². The molecule has 3 rings (SSSR count). The molecule has 2 fully saturated rings. The lowest BCUT2D eigenvalue weighted by molar-refractivity contribution is -0.0639. The van der Waals surface area contributed by atoms with Gasteiger partial charge in [0.25, 0.3) is 5.91 Å². The molecule has 0 aromatic carbocycles. The van der Waals surface area contributed by atoms with Crippen LogP contribution in [0.2, 0.25) is 0 Å². The predicted octanol–water partition coefficient (Wildman–Crippen LogP) is 1.61. The molecule has 0 N–H and O–H groups in total. The van der Waals surface area contributed by atoms with E-state index in [0.717, 1.165) is 19.4 Å². The van der Waals surface area contributed by atoms with E-state index in [1.54, 1.807) is 19.4 Å². The van der Waals surface area contributed by atoms with Gasteiger partial charge < -0.3 is 18.8 Å². The third kappa shape index (κ3) is 2.07. The van der Waals surface area contributed by atoms with Crippen LogP contribution in [0, 0.1) is 6.92 Å². The fourth-order valence-corrected chi connectivity index (χ4v) is 3.11. The molecule has 19 heavy (non-hydrogen) atoms. The summed E-state index contributed by atoms with van der Waals surface area (Å²) in [7, 11) is 1.68. The fraction of sp³-hybridized carbons (Fsp3) is 0.643. The first kappa shape index (κ1) is 12.7. The lowest BCUT2D eigenvalue weighted by Gasteiger charge is -2.31. The molecule has 0 bridgehead atoms. The molecule has 0 radical (unpaired) electrons. The molecule has 3 atom stereocenters. The number of carbonyl (C=O) groups is 1. The minimum atomic E-state index is -0.0264. The van der Waals surface area contributed by atoms with Gasteiger partial charge in [-0.1, -0.05) is 0 Å². The van der Waals surface area contributed by atoms with E-state index in [-0.39, 0.29) is 24.2 Å². The molecule has 5 nitrogen and oxygen atoms in total. The van der Waals surface area contributed by atoms with Gasteiger partial charge >= 0.3 is 0 Å². The van der Waals surface area contributed by atoms with Gasteiger partial charge in [0.1, 0.15) is 18.0 Å². The fourth-order valence-electron chi connectivity index (χ4n) is 3.11. The van der Waals surface area contributed by atoms with Crippen molar-refractivity contribution in [2.24, 2.45) is 0 Å². The number of amides is 1. The molecule has 1 aromatic heterocycles. The summed E-state index contributed by atoms with van der Waals surface area (Å²) in [5.74, 6) is 0.686. The van der Waals surface area contributed by atoms with E-state index in [1.165, 1.54) is 0 Å². The molecule has 1 aromatic rings. The molecule has 104 valence electrons. The van der Waals surface area contributed by atoms with E-state index in [0.29, 0.717) is 17.9 Å². The van der Waals surface area contributed by atoms with E-state index in [9.17, 15) is 4.79 Å². The molecule has 0 unspecified atom stereocenters. The van der Waals surface area contributed by atoms with Crippen molar-refractivity contribution in [1.82, 2.24) is 4.90 Å². The Morgan fingerprint density at radius 3 is 3.05 bits per heavy atom. The number of aryl methyl sites for hydroxylation is 1. The van der Waals surface area contributed by atoms with Crippen molar-refractivity contribution < 1.29 is 18.7 Å². The maximum atomic E-state index is 12.6. The van der Waals surface area contributed by atoms with E-state index < -0.39 is 0 Å². The van der Waals surface area contributed by atoms with Gasteiger partial charge in [-0.2, -0.15) is 0 Å². The average Bonchev–Trinajstić information content (AvgIpc) is 3.01. The van der Waals surface area contributed by atoms with Crippen LogP contribution in [0.5, 0.6) is 0 Å². The Morgan fingerprint density at radius 1 is 1.53 bits per heavy atom. The largest absolute Gasteiger partial charge is 0.469 e. The van der Waals surface area contributed by atoms with E-state index in [4.69, 9.17) is 13.9 Å². The Hall–Kier alpha value is -1.33. The Labute approximate surface area is 112 Å². The monoisotopic (exact) mass is 265 g/mol. The van der Waals surface area contributed by atoms with Gasteiger partial charge in [0.2, 0.25) is 0 Å². The molecule has 2 aliphatic heterocycles. The average molecular weight is 265 g/mol. The molecule has 0 saturated carbocycles. The topological polar surface area (TPSA) is 51.9 Å². The van der Waals surface area contributed by atoms with Crippen LogP contribution in [0.3, 0.4) is 0 Å². The first-order chi connectivity index (χ1) is 9.22. The molecule has 0 spiro atoms. The van der Waals surface area contributed by atoms with Crippen LogP contribution in [0.15, 0.2) is 16.7 Å². The number of fused-ring (bicyclic) bond motifs is 1. The van der Waals surface area contributed by atoms with Crippen molar-refractivity contribution in [3.8, 4) is 0 Å². The highest BCUT2D eigenvalue weighted by molar-refractivity contribution is 5.95. The minimum absolute atomic E-state index is 0.00917. The molecule has 5 heteroatoms. The molecule has 1 amide bonds. The van der Waals surface area contributed by atoms with Crippen LogP contribution in [-0.2, 0) is 9.47 Å². The lowest BCUT2D eigenvalue weighted by Crippen LogP contribution is -2.43. The van der Waals surface area contributed by atoms with Gasteiger partial charge in [0.05, 0.1) is 24.4 Å². The predicted molar refractivity (Wildman–Crippen MR) is 68.0 cm³/mol. The Bertz CT molecular complexity index is 470. The SMILES string of the molecule is CO[C@@H]1CN(C(=O)c2ccoc2C)[C@H]2CCCO[C@@H]12. The van der Waals surface area contributed by atoms with Crippen molar-refractivity contribution in [3.05, 3.63) is 23.7 Å². The number of hydrogen-bond donors (Lipinski definition) is 0. The van der Waals surface area contributed by atoms with Gasteiger partial charge in [-0.3, -0.25) is 4.79 Å². The van der Waals surface area contributed by atoms with Crippen LogP contribution in [-0.4, -0.2) is 49.3 Å². The zero-order chi connectivity index (χ0) is 13.4. The molecule has 2 saturated heterocycles. The quantitative estimate of drug-likeness (QED) is 0.815. The van der Waals surface area contributed by atoms with Gasteiger partial charge in [-0.25, -0.2) is 0 Å². The van der Waals surface area contributed by atoms with Gasteiger partial charge in [-0.15, -0.1) is 0 Å². The highest BCUT2D eigenvalue weighted by Gasteiger charge is 2.46. The molecule has 3 heterocycles. The van der Waals surface area contributed by atoms with Crippen molar-refractivity contribution in [2.45, 2.75) is 38.0 Å². The first-order valence-electron chi connectivity index (χ1n) is 6.72. The third-order valence-electron chi connectivity index (χ3n) is 4.13. The lowest BCUT2D eigenvalue weighted by atomic mass is 10.0. The van der Waals surface area contributed by atoms with E-state index >= 15 is 0 Å². The van der Waals surface area contributed by atoms with Gasteiger partial charge in [-0.05, 0) is 25.8 Å². The van der Waals surface area contributed by atoms with Crippen LogP contribution < -0.4 is 0 Å². The summed E-state index contributed by atoms with van der Waals surface area (Å²) in [5.41, 5.74) is 0.640.